The van der Waals surface area contributed by atoms with Crippen LogP contribution in [-0.4, -0.2) is 102 Å². The van der Waals surface area contributed by atoms with Crippen molar-refractivity contribution < 1.29 is 59.4 Å². The lowest BCUT2D eigenvalue weighted by Gasteiger charge is -2.30. The van der Waals surface area contributed by atoms with E-state index in [0.29, 0.717) is 51.4 Å². The summed E-state index contributed by atoms with van der Waals surface area (Å²) in [7, 11) is -2.77. The van der Waals surface area contributed by atoms with Gasteiger partial charge in [0, 0.05) is 18.4 Å². The molecular formula is C38H46F4N6O9S. The normalized spacial score (nSPS) is 30.5. The predicted molar refractivity (Wildman–Crippen MR) is 197 cm³/mol. The van der Waals surface area contributed by atoms with Crippen LogP contribution in [0.4, 0.5) is 22.4 Å². The van der Waals surface area contributed by atoms with Crippen molar-refractivity contribution in [3.8, 4) is 11.6 Å². The molecule has 15 nitrogen and oxygen atoms in total. The number of hydrogen-bond donors (Lipinski definition) is 3. The van der Waals surface area contributed by atoms with Crippen LogP contribution in [0, 0.1) is 5.92 Å². The van der Waals surface area contributed by atoms with Crippen molar-refractivity contribution in [2.45, 2.75) is 131 Å². The number of carbonyl (C=O) groups excluding carboxylic acids is 4. The third kappa shape index (κ3) is 8.52. The number of alkyl halides is 4. The second-order valence-corrected chi connectivity index (χ2v) is 18.2. The van der Waals surface area contributed by atoms with Gasteiger partial charge >= 0.3 is 12.3 Å². The number of aromatic nitrogens is 2. The minimum absolute atomic E-state index is 0.0433. The summed E-state index contributed by atoms with van der Waals surface area (Å²) >= 11 is 0. The number of nitrogens with zero attached hydrogens (tertiary/aromatic N) is 3. The van der Waals surface area contributed by atoms with Gasteiger partial charge in [-0.1, -0.05) is 25.0 Å². The molecule has 7 atom stereocenters. The summed E-state index contributed by atoms with van der Waals surface area (Å²) in [5, 5.41) is 5.23. The Balaban J connectivity index is 1.20. The summed E-state index contributed by atoms with van der Waals surface area (Å²) in [6.45, 7) is 1.06. The van der Waals surface area contributed by atoms with Gasteiger partial charge in [-0.3, -0.25) is 19.1 Å². The quantitative estimate of drug-likeness (QED) is 0.252. The molecule has 3 saturated carbocycles. The van der Waals surface area contributed by atoms with E-state index in [9.17, 15) is 45.2 Å². The molecule has 3 N–H and O–H groups in total. The Kier molecular flexibility index (Phi) is 11.3. The Morgan fingerprint density at radius 2 is 1.81 bits per heavy atom. The maximum absolute atomic E-state index is 14.5. The van der Waals surface area contributed by atoms with E-state index in [4.69, 9.17) is 14.2 Å². The number of sulfonamides is 1. The molecular weight excluding hydrogens is 793 g/mol. The summed E-state index contributed by atoms with van der Waals surface area (Å²) in [4.78, 5) is 64.6. The van der Waals surface area contributed by atoms with Crippen LogP contribution in [0.15, 0.2) is 30.4 Å². The van der Waals surface area contributed by atoms with E-state index in [-0.39, 0.29) is 42.5 Å². The number of rotatable bonds is 8. The molecule has 0 unspecified atom stereocenters. The summed E-state index contributed by atoms with van der Waals surface area (Å²) in [6, 6.07) is 1.39. The average molecular weight is 839 g/mol. The van der Waals surface area contributed by atoms with Crippen molar-refractivity contribution >= 4 is 44.9 Å². The van der Waals surface area contributed by atoms with Gasteiger partial charge in [0.2, 0.25) is 33.4 Å². The lowest BCUT2D eigenvalue weighted by Crippen LogP contribution is -2.58. The zero-order valence-corrected chi connectivity index (χ0v) is 32.8. The highest BCUT2D eigenvalue weighted by atomic mass is 32.2. The molecule has 1 aromatic carbocycles. The van der Waals surface area contributed by atoms with Crippen LogP contribution in [0.25, 0.3) is 11.0 Å². The maximum atomic E-state index is 14.5. The van der Waals surface area contributed by atoms with Crippen LogP contribution >= 0.6 is 0 Å². The molecule has 20 heteroatoms. The van der Waals surface area contributed by atoms with Gasteiger partial charge < -0.3 is 29.7 Å². The van der Waals surface area contributed by atoms with E-state index >= 15 is 0 Å². The summed E-state index contributed by atoms with van der Waals surface area (Å²) in [5.41, 5.74) is -3.25. The highest BCUT2D eigenvalue weighted by Gasteiger charge is 2.63. The third-order valence-electron chi connectivity index (χ3n) is 11.8. The standard InChI is InChI=1S/C38H46F4N6O9S/c1-36(15-16-36)58(53,54)47-34(51)37-19-21(37)9-6-4-3-5-7-11-26(45-35(52)57-29-12-8-10-24(29)39)33(50)48-20-23(18-28(48)31(49)46-37)56-32-30(38(40,41)42)43-27-17-22(55-2)13-14-25(27)44-32/h6,9,13-14,17,21,23-24,26,28-29H,3-5,7-8,10-12,15-16,18-20H2,1-2H3,(H,45,52)(H,46,49)(H,47,51)/b9-6+/t21-,23-,24-,26+,28+,29-,37-/m1/s1. The van der Waals surface area contributed by atoms with Gasteiger partial charge in [-0.05, 0) is 76.8 Å². The zero-order valence-electron chi connectivity index (χ0n) is 32.0. The van der Waals surface area contributed by atoms with Gasteiger partial charge in [-0.25, -0.2) is 27.6 Å². The van der Waals surface area contributed by atoms with Crippen molar-refractivity contribution in [2.75, 3.05) is 13.7 Å². The number of methoxy groups -OCH3 is 1. The molecule has 2 aromatic rings. The van der Waals surface area contributed by atoms with Gasteiger partial charge in [0.1, 0.15) is 41.8 Å². The molecule has 3 aliphatic carbocycles. The van der Waals surface area contributed by atoms with Crippen LogP contribution < -0.4 is 24.8 Å². The fourth-order valence-corrected chi connectivity index (χ4v) is 9.16. The van der Waals surface area contributed by atoms with E-state index < -0.39 is 105 Å². The first-order valence-corrected chi connectivity index (χ1v) is 21.0. The second-order valence-electron chi connectivity index (χ2n) is 16.0. The Labute approximate surface area is 332 Å². The number of benzene rings is 1. The number of hydrogen-bond acceptors (Lipinski definition) is 11. The van der Waals surface area contributed by atoms with Gasteiger partial charge in [0.25, 0.3) is 5.91 Å². The lowest BCUT2D eigenvalue weighted by molar-refractivity contribution is -0.143. The van der Waals surface area contributed by atoms with Gasteiger partial charge in [-0.15, -0.1) is 0 Å². The zero-order chi connectivity index (χ0) is 41.6. The number of nitrogens with one attached hydrogen (secondary N) is 3. The Bertz CT molecular complexity index is 2100. The van der Waals surface area contributed by atoms with Gasteiger partial charge in [0.15, 0.2) is 0 Å². The SMILES string of the molecule is COc1ccc2nc(O[C@@H]3C[C@H]4C(=O)N[C@]5(C(=O)NS(=O)(=O)C6(C)CC6)C[C@H]5/C=C/CCCCC[C@H](NC(=O)O[C@@H]5CCC[C@H]5F)C(=O)N4C3)c(C(F)(F)F)nc2c1. The van der Waals surface area contributed by atoms with E-state index in [0.717, 1.165) is 4.90 Å². The number of halogens is 4. The number of allylic oxidation sites excluding steroid dienone is 1. The lowest BCUT2D eigenvalue weighted by atomic mass is 10.0. The molecule has 4 amide bonds. The monoisotopic (exact) mass is 838 g/mol. The fourth-order valence-electron chi connectivity index (χ4n) is 7.84. The number of ether oxygens (including phenoxy) is 3. The first-order chi connectivity index (χ1) is 27.4. The summed E-state index contributed by atoms with van der Waals surface area (Å²) in [6.07, 6.45) is -2.40. The number of alkyl carbamates (subject to hydrolysis) is 1. The van der Waals surface area contributed by atoms with Crippen molar-refractivity contribution in [2.24, 2.45) is 5.92 Å². The minimum Gasteiger partial charge on any atom is -0.497 e. The average Bonchev–Trinajstić information content (AvgIpc) is 3.98. The predicted octanol–water partition coefficient (Wildman–Crippen LogP) is 4.38. The van der Waals surface area contributed by atoms with Crippen molar-refractivity contribution in [3.05, 3.63) is 36.0 Å². The molecule has 1 saturated heterocycles. The highest BCUT2D eigenvalue weighted by molar-refractivity contribution is 7.91. The largest absolute Gasteiger partial charge is 0.497 e. The van der Waals surface area contributed by atoms with Gasteiger partial charge in [0.05, 0.1) is 29.4 Å². The molecule has 1 aromatic heterocycles. The molecule has 0 radical (unpaired) electrons. The van der Waals surface area contributed by atoms with Crippen LogP contribution in [0.1, 0.15) is 89.7 Å². The molecule has 5 aliphatic rings. The van der Waals surface area contributed by atoms with Crippen LogP contribution in [0.3, 0.4) is 0 Å². The Morgan fingerprint density at radius 1 is 1.03 bits per heavy atom. The number of carbonyl (C=O) groups is 4. The molecule has 58 heavy (non-hydrogen) atoms. The molecule has 0 spiro atoms. The third-order valence-corrected chi connectivity index (χ3v) is 13.9. The van der Waals surface area contributed by atoms with E-state index in [1.807, 2.05) is 6.08 Å². The number of amides is 4. The van der Waals surface area contributed by atoms with Gasteiger partial charge in [-0.2, -0.15) is 13.2 Å². The first-order valence-electron chi connectivity index (χ1n) is 19.5. The Hall–Kier alpha value is -4.75. The van der Waals surface area contributed by atoms with E-state index in [1.165, 1.54) is 32.2 Å². The van der Waals surface area contributed by atoms with E-state index in [2.05, 4.69) is 25.3 Å². The van der Waals surface area contributed by atoms with Crippen LogP contribution in [0.5, 0.6) is 11.6 Å². The number of fused-ring (bicyclic) bond motifs is 3. The molecule has 0 bridgehead atoms. The molecule has 3 heterocycles. The van der Waals surface area contributed by atoms with Crippen molar-refractivity contribution in [1.82, 2.24) is 30.2 Å². The molecule has 316 valence electrons. The minimum atomic E-state index is -5.03. The van der Waals surface area contributed by atoms with Crippen LogP contribution in [0.2, 0.25) is 0 Å². The van der Waals surface area contributed by atoms with Crippen molar-refractivity contribution in [1.29, 1.82) is 0 Å². The summed E-state index contributed by atoms with van der Waals surface area (Å²) in [5.74, 6) is -3.88. The van der Waals surface area contributed by atoms with E-state index in [1.54, 1.807) is 6.08 Å². The highest BCUT2D eigenvalue weighted by Crippen LogP contribution is 2.48. The molecule has 2 aliphatic heterocycles. The Morgan fingerprint density at radius 3 is 2.50 bits per heavy atom. The molecule has 4 fully saturated rings. The molecule has 7 rings (SSSR count). The van der Waals surface area contributed by atoms with Crippen LogP contribution in [-0.2, 0) is 35.3 Å². The fraction of sp³-hybridized carbons (Fsp3) is 0.632. The topological polar surface area (TPSA) is 195 Å². The summed E-state index contributed by atoms with van der Waals surface area (Å²) < 4.78 is 101. The maximum Gasteiger partial charge on any atom is 0.438 e. The second kappa shape index (κ2) is 15.8. The smallest absolute Gasteiger partial charge is 0.438 e. The first kappa shape index (κ1) is 41.4. The van der Waals surface area contributed by atoms with Crippen molar-refractivity contribution in [3.63, 3.8) is 0 Å².